The summed E-state index contributed by atoms with van der Waals surface area (Å²) in [7, 11) is 1.80. The van der Waals surface area contributed by atoms with Gasteiger partial charge in [0.2, 0.25) is 5.91 Å². The van der Waals surface area contributed by atoms with E-state index in [0.29, 0.717) is 19.5 Å². The van der Waals surface area contributed by atoms with Gasteiger partial charge in [0, 0.05) is 31.9 Å². The number of aromatic amines is 1. The summed E-state index contributed by atoms with van der Waals surface area (Å²) in [6.45, 7) is 1.09. The molecule has 0 aliphatic heterocycles. The molecule has 0 aliphatic rings. The monoisotopic (exact) mass is 258 g/mol. The van der Waals surface area contributed by atoms with E-state index >= 15 is 0 Å². The van der Waals surface area contributed by atoms with Crippen LogP contribution in [-0.4, -0.2) is 28.1 Å². The third-order valence-corrected chi connectivity index (χ3v) is 3.01. The van der Waals surface area contributed by atoms with Gasteiger partial charge in [-0.25, -0.2) is 0 Å². The summed E-state index contributed by atoms with van der Waals surface area (Å²) in [5, 5.41) is 6.60. The number of aromatic nitrogens is 2. The fraction of sp³-hybridized carbons (Fsp3) is 0.286. The Morgan fingerprint density at radius 2 is 1.95 bits per heavy atom. The predicted octanol–water partition coefficient (Wildman–Crippen LogP) is 1.07. The predicted molar refractivity (Wildman–Crippen MR) is 73.1 cm³/mol. The Morgan fingerprint density at radius 3 is 2.53 bits per heavy atom. The number of rotatable bonds is 5. The Labute approximate surface area is 112 Å². The number of nitrogens with one attached hydrogen (secondary N) is 1. The van der Waals surface area contributed by atoms with Gasteiger partial charge < -0.3 is 10.6 Å². The van der Waals surface area contributed by atoms with E-state index in [9.17, 15) is 4.79 Å². The van der Waals surface area contributed by atoms with Crippen LogP contribution in [0.3, 0.4) is 0 Å². The number of benzene rings is 1. The number of nitrogens with zero attached hydrogens (tertiary/aromatic N) is 2. The fourth-order valence-electron chi connectivity index (χ4n) is 1.83. The maximum absolute atomic E-state index is 12.1. The van der Waals surface area contributed by atoms with Gasteiger partial charge in [0.15, 0.2) is 0 Å². The van der Waals surface area contributed by atoms with Gasteiger partial charge in [-0.15, -0.1) is 0 Å². The molecule has 1 aromatic carbocycles. The van der Waals surface area contributed by atoms with Crippen LogP contribution in [0.15, 0.2) is 36.7 Å². The highest BCUT2D eigenvalue weighted by molar-refractivity contribution is 5.78. The molecule has 2 aromatic rings. The number of likely N-dealkylation sites (N-methyl/N-ethyl adjacent to an activating group) is 1. The zero-order chi connectivity index (χ0) is 13.7. The molecule has 0 aliphatic carbocycles. The van der Waals surface area contributed by atoms with Crippen molar-refractivity contribution in [3.63, 3.8) is 0 Å². The van der Waals surface area contributed by atoms with Crippen LogP contribution in [0.2, 0.25) is 0 Å². The Kier molecular flexibility index (Phi) is 4.30. The van der Waals surface area contributed by atoms with Gasteiger partial charge in [0.1, 0.15) is 0 Å². The molecule has 0 radical (unpaired) electrons. The first-order valence-corrected chi connectivity index (χ1v) is 6.18. The molecular weight excluding hydrogens is 240 g/mol. The van der Waals surface area contributed by atoms with Crippen LogP contribution in [0.4, 0.5) is 0 Å². The highest BCUT2D eigenvalue weighted by atomic mass is 16.2. The third kappa shape index (κ3) is 3.66. The molecule has 3 N–H and O–H groups in total. The van der Waals surface area contributed by atoms with E-state index in [2.05, 4.69) is 10.2 Å². The van der Waals surface area contributed by atoms with E-state index in [1.54, 1.807) is 24.3 Å². The van der Waals surface area contributed by atoms with Crippen molar-refractivity contribution < 1.29 is 4.79 Å². The number of nitrogens with two attached hydrogens (primary N) is 1. The van der Waals surface area contributed by atoms with Gasteiger partial charge >= 0.3 is 0 Å². The molecule has 1 heterocycles. The number of carbonyl (C=O) groups is 1. The second-order valence-corrected chi connectivity index (χ2v) is 4.55. The summed E-state index contributed by atoms with van der Waals surface area (Å²) in [6, 6.07) is 7.81. The summed E-state index contributed by atoms with van der Waals surface area (Å²) in [4.78, 5) is 13.8. The van der Waals surface area contributed by atoms with Crippen LogP contribution in [0, 0.1) is 0 Å². The SMILES string of the molecule is CN(Cc1cn[nH]c1)C(=O)Cc1ccc(CN)cc1. The van der Waals surface area contributed by atoms with Gasteiger partial charge in [-0.2, -0.15) is 5.10 Å². The van der Waals surface area contributed by atoms with Crippen molar-refractivity contribution in [2.75, 3.05) is 7.05 Å². The van der Waals surface area contributed by atoms with Crippen LogP contribution < -0.4 is 5.73 Å². The molecule has 0 saturated heterocycles. The number of H-pyrrole nitrogens is 1. The number of hydrogen-bond acceptors (Lipinski definition) is 3. The molecule has 0 bridgehead atoms. The summed E-state index contributed by atoms with van der Waals surface area (Å²) < 4.78 is 0. The van der Waals surface area contributed by atoms with E-state index < -0.39 is 0 Å². The Hall–Kier alpha value is -2.14. The highest BCUT2D eigenvalue weighted by Crippen LogP contribution is 2.07. The minimum atomic E-state index is 0.0849. The largest absolute Gasteiger partial charge is 0.341 e. The van der Waals surface area contributed by atoms with Gasteiger partial charge in [-0.1, -0.05) is 24.3 Å². The smallest absolute Gasteiger partial charge is 0.227 e. The van der Waals surface area contributed by atoms with Crippen molar-refractivity contribution in [1.82, 2.24) is 15.1 Å². The molecule has 1 amide bonds. The first-order valence-electron chi connectivity index (χ1n) is 6.18. The van der Waals surface area contributed by atoms with E-state index in [1.165, 1.54) is 0 Å². The maximum atomic E-state index is 12.1. The molecule has 19 heavy (non-hydrogen) atoms. The molecule has 1 aromatic heterocycles. The number of hydrogen-bond donors (Lipinski definition) is 2. The normalized spacial score (nSPS) is 10.4. The molecule has 100 valence electrons. The summed E-state index contributed by atoms with van der Waals surface area (Å²) >= 11 is 0. The van der Waals surface area contributed by atoms with Crippen molar-refractivity contribution in [3.05, 3.63) is 53.3 Å². The standard InChI is InChI=1S/C14H18N4O/c1-18(10-13-8-16-17-9-13)14(19)6-11-2-4-12(7-15)5-3-11/h2-5,8-9H,6-7,10,15H2,1H3,(H,16,17). The Bertz CT molecular complexity index is 519. The topological polar surface area (TPSA) is 75.0 Å². The van der Waals surface area contributed by atoms with Crippen LogP contribution >= 0.6 is 0 Å². The zero-order valence-corrected chi connectivity index (χ0v) is 11.0. The summed E-state index contributed by atoms with van der Waals surface area (Å²) in [5.41, 5.74) is 8.61. The summed E-state index contributed by atoms with van der Waals surface area (Å²) in [5.74, 6) is 0.0849. The Morgan fingerprint density at radius 1 is 1.26 bits per heavy atom. The molecule has 0 atom stereocenters. The van der Waals surface area contributed by atoms with Gasteiger partial charge in [-0.05, 0) is 11.1 Å². The molecule has 0 spiro atoms. The first kappa shape index (κ1) is 13.3. The van der Waals surface area contributed by atoms with Crippen LogP contribution in [0.5, 0.6) is 0 Å². The van der Waals surface area contributed by atoms with Crippen LogP contribution in [-0.2, 0) is 24.3 Å². The molecular formula is C14H18N4O. The quantitative estimate of drug-likeness (QED) is 0.842. The molecule has 0 saturated carbocycles. The highest BCUT2D eigenvalue weighted by Gasteiger charge is 2.10. The van der Waals surface area contributed by atoms with Crippen molar-refractivity contribution in [2.24, 2.45) is 5.73 Å². The van der Waals surface area contributed by atoms with Crippen molar-refractivity contribution in [3.8, 4) is 0 Å². The van der Waals surface area contributed by atoms with Gasteiger partial charge in [0.05, 0.1) is 12.6 Å². The molecule has 0 fully saturated rings. The molecule has 0 unspecified atom stereocenters. The van der Waals surface area contributed by atoms with Gasteiger partial charge in [0.25, 0.3) is 0 Å². The summed E-state index contributed by atoms with van der Waals surface area (Å²) in [6.07, 6.45) is 3.92. The molecule has 5 nitrogen and oxygen atoms in total. The average molecular weight is 258 g/mol. The second-order valence-electron chi connectivity index (χ2n) is 4.55. The van der Waals surface area contributed by atoms with Crippen molar-refractivity contribution in [2.45, 2.75) is 19.5 Å². The first-order chi connectivity index (χ1) is 9.19. The average Bonchev–Trinajstić information content (AvgIpc) is 2.92. The van der Waals surface area contributed by atoms with E-state index in [4.69, 9.17) is 5.73 Å². The third-order valence-electron chi connectivity index (χ3n) is 3.01. The molecule has 2 rings (SSSR count). The minimum Gasteiger partial charge on any atom is -0.341 e. The fourth-order valence-corrected chi connectivity index (χ4v) is 1.83. The van der Waals surface area contributed by atoms with Crippen LogP contribution in [0.25, 0.3) is 0 Å². The van der Waals surface area contributed by atoms with Crippen molar-refractivity contribution in [1.29, 1.82) is 0 Å². The van der Waals surface area contributed by atoms with Crippen molar-refractivity contribution >= 4 is 5.91 Å². The lowest BCUT2D eigenvalue weighted by molar-refractivity contribution is -0.129. The van der Waals surface area contributed by atoms with E-state index in [1.807, 2.05) is 24.3 Å². The van der Waals surface area contributed by atoms with Gasteiger partial charge in [-0.3, -0.25) is 9.89 Å². The van der Waals surface area contributed by atoms with E-state index in [-0.39, 0.29) is 5.91 Å². The van der Waals surface area contributed by atoms with Crippen LogP contribution in [0.1, 0.15) is 16.7 Å². The molecule has 5 heteroatoms. The lowest BCUT2D eigenvalue weighted by Gasteiger charge is -2.16. The lowest BCUT2D eigenvalue weighted by Crippen LogP contribution is -2.27. The van der Waals surface area contributed by atoms with E-state index in [0.717, 1.165) is 16.7 Å². The maximum Gasteiger partial charge on any atom is 0.227 e. The second kappa shape index (κ2) is 6.15. The number of amides is 1. The Balaban J connectivity index is 1.92. The zero-order valence-electron chi connectivity index (χ0n) is 11.0. The minimum absolute atomic E-state index is 0.0849. The lowest BCUT2D eigenvalue weighted by atomic mass is 10.1. The number of carbonyl (C=O) groups excluding carboxylic acids is 1.